The Morgan fingerprint density at radius 1 is 1.00 bits per heavy atom. The lowest BCUT2D eigenvalue weighted by Gasteiger charge is -2.30. The maximum Gasteiger partial charge on any atom is 0.227 e. The zero-order valence-electron chi connectivity index (χ0n) is 20.4. The monoisotopic (exact) mass is 451 g/mol. The number of nitrogens with zero attached hydrogens (tertiary/aromatic N) is 3. The second-order valence-corrected chi connectivity index (χ2v) is 8.75. The Balaban J connectivity index is 1.94. The van der Waals surface area contributed by atoms with Gasteiger partial charge in [-0.05, 0) is 58.4 Å². The quantitative estimate of drug-likeness (QED) is 0.402. The highest BCUT2D eigenvalue weighted by Crippen LogP contribution is 2.32. The van der Waals surface area contributed by atoms with Crippen molar-refractivity contribution < 1.29 is 14.6 Å². The molecule has 6 nitrogen and oxygen atoms in total. The van der Waals surface area contributed by atoms with Crippen LogP contribution in [0.1, 0.15) is 45.4 Å². The summed E-state index contributed by atoms with van der Waals surface area (Å²) in [6.07, 6.45) is 0.497. The van der Waals surface area contributed by atoms with Crippen LogP contribution >= 0.6 is 0 Å². The van der Waals surface area contributed by atoms with Gasteiger partial charge in [0, 0.05) is 19.1 Å². The van der Waals surface area contributed by atoms with Gasteiger partial charge in [0.05, 0.1) is 35.8 Å². The zero-order chi connectivity index (χ0) is 23.8. The van der Waals surface area contributed by atoms with Crippen LogP contribution in [0.2, 0.25) is 0 Å². The van der Waals surface area contributed by atoms with Crippen molar-refractivity contribution in [2.45, 2.75) is 65.8 Å². The van der Waals surface area contributed by atoms with Crippen molar-refractivity contribution in [2.24, 2.45) is 0 Å². The fourth-order valence-electron chi connectivity index (χ4n) is 3.66. The summed E-state index contributed by atoms with van der Waals surface area (Å²) in [4.78, 5) is 2.28. The molecule has 0 aliphatic rings. The molecule has 6 heteroatoms. The molecule has 1 aromatic heterocycles. The van der Waals surface area contributed by atoms with Gasteiger partial charge in [0.25, 0.3) is 0 Å². The molecular weight excluding hydrogens is 414 g/mol. The molecule has 0 aliphatic heterocycles. The van der Waals surface area contributed by atoms with E-state index in [-0.39, 0.29) is 12.1 Å². The van der Waals surface area contributed by atoms with E-state index in [1.807, 2.05) is 86.1 Å². The van der Waals surface area contributed by atoms with Crippen LogP contribution in [-0.2, 0) is 11.3 Å². The van der Waals surface area contributed by atoms with Crippen LogP contribution in [0.4, 0.5) is 0 Å². The summed E-state index contributed by atoms with van der Waals surface area (Å²) in [5, 5.41) is 15.5. The second kappa shape index (κ2) is 12.0. The van der Waals surface area contributed by atoms with Gasteiger partial charge in [-0.2, -0.15) is 5.10 Å². The summed E-state index contributed by atoms with van der Waals surface area (Å²) in [6, 6.07) is 20.1. The molecule has 0 spiro atoms. The van der Waals surface area contributed by atoms with Crippen molar-refractivity contribution in [3.63, 3.8) is 0 Å². The van der Waals surface area contributed by atoms with Gasteiger partial charge in [-0.3, -0.25) is 4.90 Å². The molecular formula is C27H37N3O3. The zero-order valence-corrected chi connectivity index (χ0v) is 20.4. The third-order valence-electron chi connectivity index (χ3n) is 5.74. The molecule has 2 atom stereocenters. The topological polar surface area (TPSA) is 59.8 Å². The lowest BCUT2D eigenvalue weighted by molar-refractivity contribution is -0.0150. The fraction of sp³-hybridized carbons (Fsp3) is 0.444. The standard InChI is InChI=1S/C27H37N3O3/c1-6-21(4)29(17-24(31)19-32-20(2)3)18-26-22(5)28-30(23-13-9-7-10-14-23)27(26)33-25-15-11-8-12-16-25/h7-16,20-21,24,31H,6,17-19H2,1-5H3/t21-,24-/m1/s1. The van der Waals surface area contributed by atoms with E-state index in [2.05, 4.69) is 18.7 Å². The third kappa shape index (κ3) is 6.90. The first-order valence-corrected chi connectivity index (χ1v) is 11.8. The number of para-hydroxylation sites is 2. The molecule has 3 aromatic rings. The van der Waals surface area contributed by atoms with Gasteiger partial charge in [0.15, 0.2) is 0 Å². The predicted molar refractivity (Wildman–Crippen MR) is 132 cm³/mol. The molecule has 0 bridgehead atoms. The Labute approximate surface area is 197 Å². The van der Waals surface area contributed by atoms with Gasteiger partial charge < -0.3 is 14.6 Å². The SMILES string of the molecule is CC[C@@H](C)N(Cc1c(C)nn(-c2ccccc2)c1Oc1ccccc1)C[C@@H](O)COC(C)C. The van der Waals surface area contributed by atoms with E-state index in [0.717, 1.165) is 29.1 Å². The molecule has 0 radical (unpaired) electrons. The van der Waals surface area contributed by atoms with Crippen LogP contribution in [0.25, 0.3) is 5.69 Å². The van der Waals surface area contributed by atoms with E-state index in [1.165, 1.54) is 0 Å². The first kappa shape index (κ1) is 25.0. The van der Waals surface area contributed by atoms with Crippen molar-refractivity contribution in [1.29, 1.82) is 0 Å². The Bertz CT molecular complexity index is 973. The number of benzene rings is 2. The van der Waals surface area contributed by atoms with E-state index in [9.17, 15) is 5.11 Å². The summed E-state index contributed by atoms with van der Waals surface area (Å²) < 4.78 is 13.9. The molecule has 0 amide bonds. The molecule has 1 N–H and O–H groups in total. The second-order valence-electron chi connectivity index (χ2n) is 8.75. The normalized spacial score (nSPS) is 13.5. The minimum atomic E-state index is -0.565. The number of rotatable bonds is 12. The summed E-state index contributed by atoms with van der Waals surface area (Å²) >= 11 is 0. The highest BCUT2D eigenvalue weighted by Gasteiger charge is 2.24. The average Bonchev–Trinajstić information content (AvgIpc) is 3.12. The van der Waals surface area contributed by atoms with Gasteiger partial charge in [-0.25, -0.2) is 4.68 Å². The molecule has 1 heterocycles. The van der Waals surface area contributed by atoms with E-state index >= 15 is 0 Å². The number of aliphatic hydroxyl groups is 1. The minimum Gasteiger partial charge on any atom is -0.439 e. The van der Waals surface area contributed by atoms with Gasteiger partial charge in [-0.1, -0.05) is 43.3 Å². The van der Waals surface area contributed by atoms with Crippen LogP contribution in [0.3, 0.4) is 0 Å². The first-order valence-electron chi connectivity index (χ1n) is 11.8. The van der Waals surface area contributed by atoms with Crippen LogP contribution in [0.5, 0.6) is 11.6 Å². The minimum absolute atomic E-state index is 0.0916. The van der Waals surface area contributed by atoms with Crippen molar-refractivity contribution in [2.75, 3.05) is 13.2 Å². The molecule has 33 heavy (non-hydrogen) atoms. The highest BCUT2D eigenvalue weighted by molar-refractivity contribution is 5.43. The molecule has 0 saturated heterocycles. The summed E-state index contributed by atoms with van der Waals surface area (Å²) in [5.74, 6) is 1.46. The number of ether oxygens (including phenoxy) is 2. The lowest BCUT2D eigenvalue weighted by atomic mass is 10.1. The Morgan fingerprint density at radius 2 is 1.64 bits per heavy atom. The molecule has 0 fully saturated rings. The molecule has 0 aliphatic carbocycles. The van der Waals surface area contributed by atoms with Crippen LogP contribution in [-0.4, -0.2) is 51.2 Å². The van der Waals surface area contributed by atoms with Gasteiger partial charge in [0.2, 0.25) is 5.88 Å². The number of hydrogen-bond acceptors (Lipinski definition) is 5. The van der Waals surface area contributed by atoms with Crippen LogP contribution in [0, 0.1) is 6.92 Å². The average molecular weight is 452 g/mol. The Morgan fingerprint density at radius 3 is 2.24 bits per heavy atom. The van der Waals surface area contributed by atoms with Crippen molar-refractivity contribution in [3.8, 4) is 17.3 Å². The molecule has 0 saturated carbocycles. The van der Waals surface area contributed by atoms with Crippen molar-refractivity contribution >= 4 is 0 Å². The number of aryl methyl sites for hydroxylation is 1. The summed E-state index contributed by atoms with van der Waals surface area (Å²) in [5.41, 5.74) is 2.87. The Hall–Kier alpha value is -2.67. The molecule has 2 aromatic carbocycles. The van der Waals surface area contributed by atoms with Crippen molar-refractivity contribution in [3.05, 3.63) is 71.9 Å². The van der Waals surface area contributed by atoms with Gasteiger partial charge >= 0.3 is 0 Å². The van der Waals surface area contributed by atoms with Gasteiger partial charge in [0.1, 0.15) is 5.75 Å². The largest absolute Gasteiger partial charge is 0.439 e. The van der Waals surface area contributed by atoms with E-state index in [1.54, 1.807) is 0 Å². The Kier molecular flexibility index (Phi) is 9.06. The van der Waals surface area contributed by atoms with E-state index < -0.39 is 6.10 Å². The summed E-state index contributed by atoms with van der Waals surface area (Å²) in [6.45, 7) is 11.8. The van der Waals surface area contributed by atoms with Crippen LogP contribution in [0.15, 0.2) is 60.7 Å². The smallest absolute Gasteiger partial charge is 0.227 e. The maximum absolute atomic E-state index is 10.6. The highest BCUT2D eigenvalue weighted by atomic mass is 16.5. The fourth-order valence-corrected chi connectivity index (χ4v) is 3.66. The first-order chi connectivity index (χ1) is 15.9. The molecule has 3 rings (SSSR count). The lowest BCUT2D eigenvalue weighted by Crippen LogP contribution is -2.40. The van der Waals surface area contributed by atoms with E-state index in [4.69, 9.17) is 14.6 Å². The summed E-state index contributed by atoms with van der Waals surface area (Å²) in [7, 11) is 0. The van der Waals surface area contributed by atoms with Crippen molar-refractivity contribution in [1.82, 2.24) is 14.7 Å². The number of hydrogen-bond donors (Lipinski definition) is 1. The third-order valence-corrected chi connectivity index (χ3v) is 5.74. The predicted octanol–water partition coefficient (Wildman–Crippen LogP) is 5.36. The molecule has 178 valence electrons. The molecule has 0 unspecified atom stereocenters. The maximum atomic E-state index is 10.6. The number of aliphatic hydroxyl groups excluding tert-OH is 1. The van der Waals surface area contributed by atoms with Gasteiger partial charge in [-0.15, -0.1) is 0 Å². The van der Waals surface area contributed by atoms with Crippen LogP contribution < -0.4 is 4.74 Å². The number of aromatic nitrogens is 2. The van der Waals surface area contributed by atoms with E-state index in [0.29, 0.717) is 25.6 Å².